The lowest BCUT2D eigenvalue weighted by atomic mass is 10.0. The van der Waals surface area contributed by atoms with E-state index >= 15 is 0 Å². The quantitative estimate of drug-likeness (QED) is 0.304. The Morgan fingerprint density at radius 3 is 2.31 bits per heavy atom. The first kappa shape index (κ1) is 29.6. The van der Waals surface area contributed by atoms with E-state index < -0.39 is 40.9 Å². The summed E-state index contributed by atoms with van der Waals surface area (Å²) in [5.74, 6) is -3.43. The molecule has 9 nitrogen and oxygen atoms in total. The molecule has 0 radical (unpaired) electrons. The van der Waals surface area contributed by atoms with Gasteiger partial charge in [0.05, 0.1) is 12.2 Å². The molecule has 0 bridgehead atoms. The van der Waals surface area contributed by atoms with Gasteiger partial charge in [-0.15, -0.1) is 5.06 Å². The number of ether oxygens (including phenoxy) is 2. The highest BCUT2D eigenvalue weighted by atomic mass is 19.1. The normalized spacial score (nSPS) is 12.6. The number of amides is 1. The van der Waals surface area contributed by atoms with Gasteiger partial charge in [0.1, 0.15) is 11.4 Å². The third kappa shape index (κ3) is 7.53. The number of halogens is 2. The van der Waals surface area contributed by atoms with E-state index in [1.807, 2.05) is 0 Å². The molecule has 1 atom stereocenters. The van der Waals surface area contributed by atoms with Crippen molar-refractivity contribution in [3.05, 3.63) is 59.8 Å². The standard InChI is InChI=1S/C28H33F2N3O6/c1-8-37-22-14-19(20(29)15-21(22)30)23(25(34)35)32-17-9-10-18-16(13-17)11-12-31-24(18)33(39-28(5,6)7)26(36)38-27(2,3)4/h9-15,23,32H,8H2,1-7H3,(H,34,35). The number of pyridine rings is 1. The maximum Gasteiger partial charge on any atom is 0.440 e. The van der Waals surface area contributed by atoms with Crippen LogP contribution in [0.4, 0.5) is 25.1 Å². The van der Waals surface area contributed by atoms with Crippen molar-refractivity contribution >= 4 is 34.3 Å². The Bertz CT molecular complexity index is 1370. The third-order valence-electron chi connectivity index (χ3n) is 5.08. The predicted octanol–water partition coefficient (Wildman–Crippen LogP) is 6.62. The lowest BCUT2D eigenvalue weighted by molar-refractivity contribution is -0.138. The molecule has 2 N–H and O–H groups in total. The summed E-state index contributed by atoms with van der Waals surface area (Å²) in [4.78, 5) is 35.4. The number of anilines is 2. The van der Waals surface area contributed by atoms with Crippen molar-refractivity contribution in [1.82, 2.24) is 4.98 Å². The molecular weight excluding hydrogens is 512 g/mol. The van der Waals surface area contributed by atoms with Crippen molar-refractivity contribution in [2.24, 2.45) is 0 Å². The molecule has 1 aromatic heterocycles. The maximum absolute atomic E-state index is 14.6. The molecule has 2 aromatic carbocycles. The fraction of sp³-hybridized carbons (Fsp3) is 0.393. The van der Waals surface area contributed by atoms with Gasteiger partial charge in [0.25, 0.3) is 0 Å². The minimum atomic E-state index is -1.55. The summed E-state index contributed by atoms with van der Waals surface area (Å²) in [7, 11) is 0. The van der Waals surface area contributed by atoms with Gasteiger partial charge < -0.3 is 19.9 Å². The van der Waals surface area contributed by atoms with Crippen LogP contribution in [0.1, 0.15) is 60.1 Å². The number of aliphatic carboxylic acids is 1. The van der Waals surface area contributed by atoms with Crippen molar-refractivity contribution in [3.63, 3.8) is 0 Å². The number of carboxylic acid groups (broad SMARTS) is 1. The van der Waals surface area contributed by atoms with Crippen LogP contribution in [0.2, 0.25) is 0 Å². The van der Waals surface area contributed by atoms with Gasteiger partial charge in [-0.1, -0.05) is 0 Å². The SMILES string of the molecule is CCOc1cc(C(Nc2ccc3c(N(OC(C)(C)C)C(=O)OC(C)(C)C)nccc3c2)C(=O)O)c(F)cc1F. The largest absolute Gasteiger partial charge is 0.491 e. The second kappa shape index (κ2) is 11.4. The lowest BCUT2D eigenvalue weighted by Gasteiger charge is -2.31. The minimum absolute atomic E-state index is 0.118. The minimum Gasteiger partial charge on any atom is -0.491 e. The molecule has 0 fully saturated rings. The highest BCUT2D eigenvalue weighted by Gasteiger charge is 2.31. The fourth-order valence-electron chi connectivity index (χ4n) is 3.63. The summed E-state index contributed by atoms with van der Waals surface area (Å²) in [6, 6.07) is 6.53. The third-order valence-corrected chi connectivity index (χ3v) is 5.08. The van der Waals surface area contributed by atoms with Crippen molar-refractivity contribution in [2.45, 2.75) is 65.7 Å². The smallest absolute Gasteiger partial charge is 0.440 e. The number of hydrogen-bond donors (Lipinski definition) is 2. The summed E-state index contributed by atoms with van der Waals surface area (Å²) in [6.07, 6.45) is 0.704. The number of carbonyl (C=O) groups is 2. The summed E-state index contributed by atoms with van der Waals surface area (Å²) < 4.78 is 39.4. The van der Waals surface area contributed by atoms with Crippen molar-refractivity contribution in [3.8, 4) is 5.75 Å². The zero-order chi connectivity index (χ0) is 29.1. The summed E-state index contributed by atoms with van der Waals surface area (Å²) in [5.41, 5.74) is -1.52. The molecule has 1 amide bonds. The van der Waals surface area contributed by atoms with Crippen molar-refractivity contribution in [1.29, 1.82) is 0 Å². The highest BCUT2D eigenvalue weighted by Crippen LogP contribution is 2.33. The Kier molecular flexibility index (Phi) is 8.64. The predicted molar refractivity (Wildman–Crippen MR) is 143 cm³/mol. The fourth-order valence-corrected chi connectivity index (χ4v) is 3.63. The van der Waals surface area contributed by atoms with Gasteiger partial charge in [0.15, 0.2) is 23.4 Å². The van der Waals surface area contributed by atoms with E-state index in [1.54, 1.807) is 72.7 Å². The number of benzene rings is 2. The number of nitrogens with one attached hydrogen (secondary N) is 1. The molecule has 1 heterocycles. The topological polar surface area (TPSA) is 110 Å². The van der Waals surface area contributed by atoms with Gasteiger partial charge in [-0.25, -0.2) is 23.4 Å². The first-order valence-corrected chi connectivity index (χ1v) is 12.3. The molecule has 11 heteroatoms. The second-order valence-corrected chi connectivity index (χ2v) is 10.7. The van der Waals surface area contributed by atoms with Gasteiger partial charge in [0.2, 0.25) is 0 Å². The first-order chi connectivity index (χ1) is 18.1. The lowest BCUT2D eigenvalue weighted by Crippen LogP contribution is -2.42. The van der Waals surface area contributed by atoms with Gasteiger partial charge in [0, 0.05) is 28.9 Å². The molecule has 3 aromatic rings. The molecule has 0 aliphatic rings. The van der Waals surface area contributed by atoms with Gasteiger partial charge in [-0.2, -0.15) is 0 Å². The Morgan fingerprint density at radius 2 is 1.72 bits per heavy atom. The van der Waals surface area contributed by atoms with Gasteiger partial charge in [-0.3, -0.25) is 4.84 Å². The van der Waals surface area contributed by atoms with E-state index in [4.69, 9.17) is 14.3 Å². The number of fused-ring (bicyclic) bond motifs is 1. The number of hydrogen-bond acceptors (Lipinski definition) is 7. The molecule has 210 valence electrons. The zero-order valence-electron chi connectivity index (χ0n) is 23.0. The van der Waals surface area contributed by atoms with Crippen LogP contribution in [-0.4, -0.2) is 40.0 Å². The average Bonchev–Trinajstić information content (AvgIpc) is 2.81. The number of nitrogens with zero attached hydrogens (tertiary/aromatic N) is 2. The van der Waals surface area contributed by atoms with Crippen LogP contribution in [0.15, 0.2) is 42.6 Å². The molecule has 0 aliphatic carbocycles. The Labute approximate surface area is 225 Å². The zero-order valence-corrected chi connectivity index (χ0v) is 23.0. The van der Waals surface area contributed by atoms with Crippen LogP contribution in [0, 0.1) is 11.6 Å². The van der Waals surface area contributed by atoms with Gasteiger partial charge in [-0.05, 0) is 84.2 Å². The molecular formula is C28H33F2N3O6. The monoisotopic (exact) mass is 545 g/mol. The van der Waals surface area contributed by atoms with E-state index in [0.29, 0.717) is 22.5 Å². The van der Waals surface area contributed by atoms with E-state index in [0.717, 1.165) is 11.1 Å². The van der Waals surface area contributed by atoms with Crippen LogP contribution in [0.5, 0.6) is 5.75 Å². The number of hydroxylamine groups is 1. The number of aromatic nitrogens is 1. The van der Waals surface area contributed by atoms with E-state index in [9.17, 15) is 23.5 Å². The molecule has 3 rings (SSSR count). The maximum atomic E-state index is 14.6. The van der Waals surface area contributed by atoms with Gasteiger partial charge >= 0.3 is 12.1 Å². The molecule has 0 aliphatic heterocycles. The van der Waals surface area contributed by atoms with Crippen LogP contribution in [-0.2, 0) is 14.4 Å². The Hall–Kier alpha value is -3.99. The molecule has 0 saturated carbocycles. The van der Waals surface area contributed by atoms with E-state index in [-0.39, 0.29) is 23.7 Å². The average molecular weight is 546 g/mol. The molecule has 1 unspecified atom stereocenters. The van der Waals surface area contributed by atoms with Crippen LogP contribution in [0.25, 0.3) is 10.8 Å². The van der Waals surface area contributed by atoms with Crippen LogP contribution >= 0.6 is 0 Å². The Morgan fingerprint density at radius 1 is 1.03 bits per heavy atom. The first-order valence-electron chi connectivity index (χ1n) is 12.3. The van der Waals surface area contributed by atoms with E-state index in [1.165, 1.54) is 6.20 Å². The molecule has 0 saturated heterocycles. The Balaban J connectivity index is 2.03. The van der Waals surface area contributed by atoms with E-state index in [2.05, 4.69) is 10.3 Å². The molecule has 0 spiro atoms. The van der Waals surface area contributed by atoms with Crippen LogP contribution in [0.3, 0.4) is 0 Å². The summed E-state index contributed by atoms with van der Waals surface area (Å²) >= 11 is 0. The summed E-state index contributed by atoms with van der Waals surface area (Å²) in [6.45, 7) is 12.3. The number of carboxylic acids is 1. The number of rotatable bonds is 8. The van der Waals surface area contributed by atoms with Crippen LogP contribution < -0.4 is 15.1 Å². The highest BCUT2D eigenvalue weighted by molar-refractivity contribution is 6.00. The molecule has 39 heavy (non-hydrogen) atoms. The van der Waals surface area contributed by atoms with Crippen molar-refractivity contribution in [2.75, 3.05) is 17.0 Å². The van der Waals surface area contributed by atoms with Crippen molar-refractivity contribution < 1.29 is 37.8 Å². The summed E-state index contributed by atoms with van der Waals surface area (Å²) in [5, 5.41) is 14.7. The number of carbonyl (C=O) groups excluding carboxylic acids is 1. The second-order valence-electron chi connectivity index (χ2n) is 10.7.